The van der Waals surface area contributed by atoms with Gasteiger partial charge in [-0.25, -0.2) is 8.78 Å². The minimum atomic E-state index is -3.11. The smallest absolute Gasteiger partial charge is 0.283 e. The van der Waals surface area contributed by atoms with Crippen molar-refractivity contribution in [2.24, 2.45) is 5.92 Å². The normalized spacial score (nSPS) is 11.8. The van der Waals surface area contributed by atoms with Crippen LogP contribution in [-0.2, 0) is 0 Å². The van der Waals surface area contributed by atoms with Gasteiger partial charge in [-0.2, -0.15) is 8.78 Å². The van der Waals surface area contributed by atoms with Crippen molar-refractivity contribution < 1.29 is 27.0 Å². The zero-order chi connectivity index (χ0) is 15.3. The third kappa shape index (κ3) is 4.02. The first-order valence-electron chi connectivity index (χ1n) is 6.41. The van der Waals surface area contributed by atoms with Crippen LogP contribution in [0.3, 0.4) is 0 Å². The van der Waals surface area contributed by atoms with Crippen LogP contribution in [0.25, 0.3) is 0 Å². The van der Waals surface area contributed by atoms with Crippen molar-refractivity contribution in [3.05, 3.63) is 23.8 Å². The maximum Gasteiger partial charge on any atom is 0.283 e. The molecular weight excluding hydrogens is 276 g/mol. The molecule has 0 bridgehead atoms. The van der Waals surface area contributed by atoms with Crippen molar-refractivity contribution in [3.8, 4) is 11.5 Å². The lowest BCUT2D eigenvalue weighted by Gasteiger charge is -2.21. The van der Waals surface area contributed by atoms with Gasteiger partial charge in [-0.1, -0.05) is 20.8 Å². The molecule has 0 aliphatic carbocycles. The van der Waals surface area contributed by atoms with Gasteiger partial charge in [0.15, 0.2) is 18.1 Å². The van der Waals surface area contributed by atoms with Gasteiger partial charge in [0, 0.05) is 5.92 Å². The predicted octanol–water partition coefficient (Wildman–Crippen LogP) is 4.42. The third-order valence-corrected chi connectivity index (χ3v) is 2.74. The molecule has 1 aromatic rings. The van der Waals surface area contributed by atoms with E-state index in [1.54, 1.807) is 0 Å². The van der Waals surface area contributed by atoms with E-state index in [-0.39, 0.29) is 12.4 Å². The Bertz CT molecular complexity index is 447. The quantitative estimate of drug-likeness (QED) is 0.693. The van der Waals surface area contributed by atoms with Crippen molar-refractivity contribution in [3.63, 3.8) is 0 Å². The van der Waals surface area contributed by atoms with Crippen LogP contribution in [0.15, 0.2) is 12.1 Å². The molecule has 0 saturated heterocycles. The zero-order valence-corrected chi connectivity index (χ0v) is 11.7. The Hall–Kier alpha value is -1.46. The molecule has 6 heteroatoms. The van der Waals surface area contributed by atoms with Gasteiger partial charge in [-0.3, -0.25) is 0 Å². The second-order valence-electron chi connectivity index (χ2n) is 4.74. The molecule has 0 heterocycles. The monoisotopic (exact) mass is 294 g/mol. The predicted molar refractivity (Wildman–Crippen MR) is 67.4 cm³/mol. The number of hydrogen-bond acceptors (Lipinski definition) is 2. The fourth-order valence-corrected chi connectivity index (χ4v) is 1.29. The second kappa shape index (κ2) is 6.81. The Labute approximate surface area is 115 Å². The maximum atomic E-state index is 13.6. The fraction of sp³-hybridized carbons (Fsp3) is 0.571. The fourth-order valence-electron chi connectivity index (χ4n) is 1.29. The summed E-state index contributed by atoms with van der Waals surface area (Å²) in [6.45, 7) is 3.70. The third-order valence-electron chi connectivity index (χ3n) is 2.74. The first-order valence-corrected chi connectivity index (χ1v) is 6.41. The van der Waals surface area contributed by atoms with Gasteiger partial charge in [0.2, 0.25) is 11.6 Å². The first kappa shape index (κ1) is 16.6. The highest BCUT2D eigenvalue weighted by Gasteiger charge is 2.34. The number of halogens is 4. The summed E-state index contributed by atoms with van der Waals surface area (Å²) in [6, 6.07) is 2.25. The minimum absolute atomic E-state index is 0.238. The van der Waals surface area contributed by atoms with E-state index in [9.17, 15) is 17.6 Å². The van der Waals surface area contributed by atoms with E-state index in [2.05, 4.69) is 4.74 Å². The number of ether oxygens (including phenoxy) is 2. The van der Waals surface area contributed by atoms with Gasteiger partial charge in [-0.15, -0.1) is 0 Å². The van der Waals surface area contributed by atoms with Crippen LogP contribution in [0.5, 0.6) is 11.5 Å². The lowest BCUT2D eigenvalue weighted by Crippen LogP contribution is -2.31. The van der Waals surface area contributed by atoms with E-state index in [1.807, 2.05) is 6.92 Å². The summed E-state index contributed by atoms with van der Waals surface area (Å²) in [5.74, 6) is -7.43. The number of benzene rings is 1. The number of alkyl halides is 2. The van der Waals surface area contributed by atoms with Crippen LogP contribution in [0.2, 0.25) is 0 Å². The van der Waals surface area contributed by atoms with E-state index < -0.39 is 35.8 Å². The SMILES string of the molecule is CCCOc1ccc(OCC(F)(F)C(C)C)c(F)c1F. The van der Waals surface area contributed by atoms with Gasteiger partial charge < -0.3 is 9.47 Å². The van der Waals surface area contributed by atoms with Gasteiger partial charge >= 0.3 is 0 Å². The standard InChI is InChI=1S/C14H18F4O2/c1-4-7-19-10-5-6-11(13(16)12(10)15)20-8-14(17,18)9(2)3/h5-6,9H,4,7-8H2,1-3H3. The summed E-state index contributed by atoms with van der Waals surface area (Å²) in [5, 5.41) is 0. The van der Waals surface area contributed by atoms with Gasteiger partial charge in [0.1, 0.15) is 0 Å². The largest absolute Gasteiger partial charge is 0.490 e. The maximum absolute atomic E-state index is 13.6. The Balaban J connectivity index is 2.80. The summed E-state index contributed by atoms with van der Waals surface area (Å²) >= 11 is 0. The highest BCUT2D eigenvalue weighted by Crippen LogP contribution is 2.30. The van der Waals surface area contributed by atoms with Gasteiger partial charge in [-0.05, 0) is 18.6 Å². The number of rotatable bonds is 7. The molecule has 0 atom stereocenters. The van der Waals surface area contributed by atoms with E-state index in [0.717, 1.165) is 12.1 Å². The highest BCUT2D eigenvalue weighted by molar-refractivity contribution is 5.35. The summed E-state index contributed by atoms with van der Waals surface area (Å²) in [7, 11) is 0. The average molecular weight is 294 g/mol. The van der Waals surface area contributed by atoms with Crippen molar-refractivity contribution in [2.75, 3.05) is 13.2 Å². The van der Waals surface area contributed by atoms with Crippen molar-refractivity contribution in [1.29, 1.82) is 0 Å². The van der Waals surface area contributed by atoms with Crippen molar-refractivity contribution >= 4 is 0 Å². The second-order valence-corrected chi connectivity index (χ2v) is 4.74. The van der Waals surface area contributed by atoms with E-state index >= 15 is 0 Å². The van der Waals surface area contributed by atoms with Crippen molar-refractivity contribution in [1.82, 2.24) is 0 Å². The van der Waals surface area contributed by atoms with Gasteiger partial charge in [0.05, 0.1) is 6.61 Å². The number of hydrogen-bond donors (Lipinski definition) is 0. The molecule has 0 aliphatic heterocycles. The Morgan fingerprint density at radius 1 is 1.05 bits per heavy atom. The molecular formula is C14H18F4O2. The summed E-state index contributed by atoms with van der Waals surface area (Å²) < 4.78 is 63.6. The lowest BCUT2D eigenvalue weighted by molar-refractivity contribution is -0.0795. The Morgan fingerprint density at radius 3 is 2.00 bits per heavy atom. The lowest BCUT2D eigenvalue weighted by atomic mass is 10.1. The van der Waals surface area contributed by atoms with Crippen LogP contribution in [-0.4, -0.2) is 19.1 Å². The minimum Gasteiger partial charge on any atom is -0.490 e. The summed E-state index contributed by atoms with van der Waals surface area (Å²) in [6.07, 6.45) is 0.639. The van der Waals surface area contributed by atoms with Crippen LogP contribution in [0.4, 0.5) is 17.6 Å². The first-order chi connectivity index (χ1) is 9.29. The molecule has 0 radical (unpaired) electrons. The molecule has 1 rings (SSSR count). The van der Waals surface area contributed by atoms with Crippen LogP contribution >= 0.6 is 0 Å². The summed E-state index contributed by atoms with van der Waals surface area (Å²) in [4.78, 5) is 0. The molecule has 0 saturated carbocycles. The molecule has 2 nitrogen and oxygen atoms in total. The van der Waals surface area contributed by atoms with E-state index in [4.69, 9.17) is 4.74 Å². The van der Waals surface area contributed by atoms with Crippen LogP contribution in [0, 0.1) is 17.6 Å². The van der Waals surface area contributed by atoms with E-state index in [1.165, 1.54) is 13.8 Å². The molecule has 0 aromatic heterocycles. The van der Waals surface area contributed by atoms with E-state index in [0.29, 0.717) is 6.42 Å². The molecule has 0 amide bonds. The molecule has 0 fully saturated rings. The Morgan fingerprint density at radius 2 is 1.55 bits per heavy atom. The zero-order valence-electron chi connectivity index (χ0n) is 11.7. The molecule has 0 unspecified atom stereocenters. The Kier molecular flexibility index (Phi) is 5.65. The van der Waals surface area contributed by atoms with Crippen LogP contribution in [0.1, 0.15) is 27.2 Å². The molecule has 0 spiro atoms. The summed E-state index contributed by atoms with van der Waals surface area (Å²) in [5.41, 5.74) is 0. The van der Waals surface area contributed by atoms with Gasteiger partial charge in [0.25, 0.3) is 5.92 Å². The topological polar surface area (TPSA) is 18.5 Å². The van der Waals surface area contributed by atoms with Crippen LogP contribution < -0.4 is 9.47 Å². The van der Waals surface area contributed by atoms with Crippen molar-refractivity contribution in [2.45, 2.75) is 33.1 Å². The molecule has 1 aromatic carbocycles. The highest BCUT2D eigenvalue weighted by atomic mass is 19.3. The molecule has 20 heavy (non-hydrogen) atoms. The molecule has 0 aliphatic rings. The molecule has 114 valence electrons. The average Bonchev–Trinajstić information content (AvgIpc) is 2.39. The molecule has 0 N–H and O–H groups in total.